The highest BCUT2D eigenvalue weighted by Gasteiger charge is 2.35. The average Bonchev–Trinajstić information content (AvgIpc) is 2.66. The maximum Gasteiger partial charge on any atom is 0.0446 e. The van der Waals surface area contributed by atoms with E-state index in [1.165, 1.54) is 37.1 Å². The highest BCUT2D eigenvalue weighted by atomic mass is 15.3. The zero-order chi connectivity index (χ0) is 14.1. The second kappa shape index (κ2) is 5.70. The van der Waals surface area contributed by atoms with Crippen LogP contribution in [0.15, 0.2) is 12.3 Å². The SMILES string of the molecule is CNCc1cnc(C)cc1N1CCC2CCC(C1)N2C. The molecule has 0 aliphatic carbocycles. The lowest BCUT2D eigenvalue weighted by Crippen LogP contribution is -2.37. The van der Waals surface area contributed by atoms with Crippen LogP contribution in [0.2, 0.25) is 0 Å². The average molecular weight is 274 g/mol. The van der Waals surface area contributed by atoms with Crippen molar-refractivity contribution in [3.05, 3.63) is 23.5 Å². The lowest BCUT2D eigenvalue weighted by atomic mass is 10.1. The van der Waals surface area contributed by atoms with E-state index in [0.717, 1.165) is 30.9 Å². The van der Waals surface area contributed by atoms with Gasteiger partial charge in [-0.15, -0.1) is 0 Å². The molecule has 0 amide bonds. The Kier molecular flexibility index (Phi) is 3.94. The number of anilines is 1. The Morgan fingerprint density at radius 1 is 1.30 bits per heavy atom. The van der Waals surface area contributed by atoms with Crippen molar-refractivity contribution in [3.8, 4) is 0 Å². The Morgan fingerprint density at radius 2 is 2.10 bits per heavy atom. The third kappa shape index (κ3) is 2.54. The van der Waals surface area contributed by atoms with Crippen LogP contribution in [-0.4, -0.2) is 49.2 Å². The molecule has 20 heavy (non-hydrogen) atoms. The number of hydrogen-bond donors (Lipinski definition) is 1. The van der Waals surface area contributed by atoms with E-state index in [4.69, 9.17) is 0 Å². The minimum atomic E-state index is 0.721. The van der Waals surface area contributed by atoms with Gasteiger partial charge in [0.2, 0.25) is 0 Å². The molecule has 2 aliphatic rings. The molecule has 2 saturated heterocycles. The molecule has 4 heteroatoms. The molecule has 2 atom stereocenters. The summed E-state index contributed by atoms with van der Waals surface area (Å²) in [4.78, 5) is 9.65. The summed E-state index contributed by atoms with van der Waals surface area (Å²) in [5.74, 6) is 0. The van der Waals surface area contributed by atoms with Gasteiger partial charge in [0.05, 0.1) is 0 Å². The first-order valence-electron chi connectivity index (χ1n) is 7.76. The van der Waals surface area contributed by atoms with E-state index in [2.05, 4.69) is 40.1 Å². The number of fused-ring (bicyclic) bond motifs is 2. The van der Waals surface area contributed by atoms with Crippen molar-refractivity contribution >= 4 is 5.69 Å². The molecule has 2 fully saturated rings. The lowest BCUT2D eigenvalue weighted by molar-refractivity contribution is 0.254. The van der Waals surface area contributed by atoms with Crippen LogP contribution in [0.5, 0.6) is 0 Å². The molecular formula is C16H26N4. The van der Waals surface area contributed by atoms with Crippen molar-refractivity contribution in [2.24, 2.45) is 0 Å². The van der Waals surface area contributed by atoms with Crippen LogP contribution in [0.3, 0.4) is 0 Å². The molecule has 2 unspecified atom stereocenters. The highest BCUT2D eigenvalue weighted by molar-refractivity contribution is 5.54. The van der Waals surface area contributed by atoms with Crippen molar-refractivity contribution in [1.82, 2.24) is 15.2 Å². The molecule has 3 rings (SSSR count). The van der Waals surface area contributed by atoms with Gasteiger partial charge in [0.1, 0.15) is 0 Å². The minimum Gasteiger partial charge on any atom is -0.370 e. The minimum absolute atomic E-state index is 0.721. The van der Waals surface area contributed by atoms with Crippen LogP contribution in [0, 0.1) is 6.92 Å². The van der Waals surface area contributed by atoms with Crippen LogP contribution in [0.25, 0.3) is 0 Å². The Hall–Kier alpha value is -1.13. The first kappa shape index (κ1) is 13.8. The van der Waals surface area contributed by atoms with E-state index in [1.54, 1.807) is 0 Å². The third-order valence-electron chi connectivity index (χ3n) is 4.95. The molecule has 1 aromatic heterocycles. The fourth-order valence-electron chi connectivity index (χ4n) is 3.72. The summed E-state index contributed by atoms with van der Waals surface area (Å²) in [6.45, 7) is 5.31. The first-order valence-corrected chi connectivity index (χ1v) is 7.76. The molecule has 2 bridgehead atoms. The van der Waals surface area contributed by atoms with Gasteiger partial charge in [-0.05, 0) is 46.3 Å². The number of aromatic nitrogens is 1. The summed E-state index contributed by atoms with van der Waals surface area (Å²) in [5, 5.41) is 3.26. The Morgan fingerprint density at radius 3 is 2.90 bits per heavy atom. The van der Waals surface area contributed by atoms with Crippen LogP contribution >= 0.6 is 0 Å². The van der Waals surface area contributed by atoms with Crippen molar-refractivity contribution in [3.63, 3.8) is 0 Å². The number of nitrogens with zero attached hydrogens (tertiary/aromatic N) is 3. The van der Waals surface area contributed by atoms with Crippen LogP contribution < -0.4 is 10.2 Å². The van der Waals surface area contributed by atoms with Gasteiger partial charge in [0, 0.05) is 54.9 Å². The Bertz CT molecular complexity index is 474. The topological polar surface area (TPSA) is 31.4 Å². The molecule has 0 spiro atoms. The van der Waals surface area contributed by atoms with Crippen molar-refractivity contribution in [2.45, 2.75) is 44.8 Å². The van der Waals surface area contributed by atoms with Crippen LogP contribution in [0.1, 0.15) is 30.5 Å². The fourth-order valence-corrected chi connectivity index (χ4v) is 3.72. The van der Waals surface area contributed by atoms with E-state index in [0.29, 0.717) is 0 Å². The molecule has 110 valence electrons. The van der Waals surface area contributed by atoms with Gasteiger partial charge in [-0.3, -0.25) is 9.88 Å². The second-order valence-electron chi connectivity index (χ2n) is 6.27. The molecule has 0 saturated carbocycles. The maximum atomic E-state index is 4.46. The molecule has 2 aliphatic heterocycles. The van der Waals surface area contributed by atoms with Gasteiger partial charge in [0.15, 0.2) is 0 Å². The van der Waals surface area contributed by atoms with E-state index >= 15 is 0 Å². The summed E-state index contributed by atoms with van der Waals surface area (Å²) >= 11 is 0. The number of nitrogens with one attached hydrogen (secondary N) is 1. The Labute approximate surface area is 122 Å². The van der Waals surface area contributed by atoms with Gasteiger partial charge < -0.3 is 10.2 Å². The number of likely N-dealkylation sites (N-methyl/N-ethyl adjacent to an activating group) is 1. The number of hydrogen-bond acceptors (Lipinski definition) is 4. The molecule has 3 heterocycles. The predicted octanol–water partition coefficient (Wildman–Crippen LogP) is 1.78. The Balaban J connectivity index is 1.87. The van der Waals surface area contributed by atoms with Crippen LogP contribution in [0.4, 0.5) is 5.69 Å². The smallest absolute Gasteiger partial charge is 0.0446 e. The summed E-state index contributed by atoms with van der Waals surface area (Å²) in [7, 11) is 4.31. The number of rotatable bonds is 3. The monoisotopic (exact) mass is 274 g/mol. The summed E-state index contributed by atoms with van der Waals surface area (Å²) < 4.78 is 0. The number of aryl methyl sites for hydroxylation is 1. The molecule has 1 N–H and O–H groups in total. The fraction of sp³-hybridized carbons (Fsp3) is 0.688. The molecular weight excluding hydrogens is 248 g/mol. The summed E-state index contributed by atoms with van der Waals surface area (Å²) in [5.41, 5.74) is 3.81. The molecule has 0 aromatic carbocycles. The summed E-state index contributed by atoms with van der Waals surface area (Å²) in [6.07, 6.45) is 6.05. The van der Waals surface area contributed by atoms with Crippen molar-refractivity contribution in [2.75, 3.05) is 32.1 Å². The zero-order valence-electron chi connectivity index (χ0n) is 12.9. The lowest BCUT2D eigenvalue weighted by Gasteiger charge is -2.29. The van der Waals surface area contributed by atoms with E-state index in [1.807, 2.05) is 13.2 Å². The molecule has 4 nitrogen and oxygen atoms in total. The van der Waals surface area contributed by atoms with Crippen molar-refractivity contribution < 1.29 is 0 Å². The van der Waals surface area contributed by atoms with Crippen LogP contribution in [-0.2, 0) is 6.54 Å². The van der Waals surface area contributed by atoms with Gasteiger partial charge in [-0.25, -0.2) is 0 Å². The maximum absolute atomic E-state index is 4.46. The second-order valence-corrected chi connectivity index (χ2v) is 6.27. The van der Waals surface area contributed by atoms with E-state index in [-0.39, 0.29) is 0 Å². The summed E-state index contributed by atoms with van der Waals surface area (Å²) in [6, 6.07) is 3.77. The molecule has 0 radical (unpaired) electrons. The normalized spacial score (nSPS) is 26.9. The zero-order valence-corrected chi connectivity index (χ0v) is 12.9. The highest BCUT2D eigenvalue weighted by Crippen LogP contribution is 2.32. The quantitative estimate of drug-likeness (QED) is 0.910. The van der Waals surface area contributed by atoms with Gasteiger partial charge >= 0.3 is 0 Å². The van der Waals surface area contributed by atoms with E-state index in [9.17, 15) is 0 Å². The number of pyridine rings is 1. The van der Waals surface area contributed by atoms with Gasteiger partial charge in [0.25, 0.3) is 0 Å². The largest absolute Gasteiger partial charge is 0.370 e. The first-order chi connectivity index (χ1) is 9.69. The molecule has 1 aromatic rings. The predicted molar refractivity (Wildman–Crippen MR) is 83.1 cm³/mol. The third-order valence-corrected chi connectivity index (χ3v) is 4.95. The van der Waals surface area contributed by atoms with Gasteiger partial charge in [-0.2, -0.15) is 0 Å². The van der Waals surface area contributed by atoms with Gasteiger partial charge in [-0.1, -0.05) is 0 Å². The standard InChI is InChI=1S/C16H26N4/c1-12-8-16(13(9-17-2)10-18-12)20-7-6-14-4-5-15(11-20)19(14)3/h8,10,14-15,17H,4-7,9,11H2,1-3H3. The van der Waals surface area contributed by atoms with E-state index < -0.39 is 0 Å². The van der Waals surface area contributed by atoms with Crippen molar-refractivity contribution in [1.29, 1.82) is 0 Å².